The number of rotatable bonds is 25. The highest BCUT2D eigenvalue weighted by molar-refractivity contribution is 7.92. The molecule has 0 bridgehead atoms. The number of aromatic hydroxyl groups is 1. The SMILES string of the molecule is CN1CCN(c2cccc(Nc3nccc(-c4ccc(C(=O)NCC5CCC(CO)CC5)s4)n3)c2)CC1.CN1CCN(c2cccc(Nc3nccc(-c4ccc(C(=O)NCCc5cccc(O)c5)s4)n3)c2)CC1.CN1CCN(c2cccc(Nc3nccc(-c4ccc(C(=O)NCc5cccc(NS(C)(=O)=O)c5)s4)n3)c2)CC1. The van der Waals surface area contributed by atoms with Crippen molar-refractivity contribution in [2.45, 2.75) is 38.6 Å². The van der Waals surface area contributed by atoms with E-state index in [1.54, 1.807) is 61.1 Å². The first-order valence-electron chi connectivity index (χ1n) is 38.3. The lowest BCUT2D eigenvalue weighted by atomic mass is 9.82. The minimum absolute atomic E-state index is 0.0337. The van der Waals surface area contributed by atoms with E-state index in [1.807, 2.05) is 91.0 Å². The maximum absolute atomic E-state index is 12.8. The maximum atomic E-state index is 12.8. The summed E-state index contributed by atoms with van der Waals surface area (Å²) in [7, 11) is 3.08. The predicted molar refractivity (Wildman–Crippen MR) is 459 cm³/mol. The van der Waals surface area contributed by atoms with Gasteiger partial charge in [0.25, 0.3) is 17.7 Å². The summed E-state index contributed by atoms with van der Waals surface area (Å²) >= 11 is 4.19. The Labute approximate surface area is 677 Å². The Kier molecular flexibility index (Phi) is 27.9. The number of carbonyl (C=O) groups is 3. The Balaban J connectivity index is 0.000000149. The third-order valence-corrected chi connectivity index (χ3v) is 24.1. The zero-order valence-electron chi connectivity index (χ0n) is 64.4. The number of hydrogen-bond donors (Lipinski definition) is 9. The van der Waals surface area contributed by atoms with Crippen LogP contribution in [0.4, 0.5) is 57.7 Å². The average molecular weight is 1610 g/mol. The molecule has 30 heteroatoms. The molecule has 4 aliphatic rings. The van der Waals surface area contributed by atoms with Crippen LogP contribution in [0.2, 0.25) is 0 Å². The van der Waals surface area contributed by atoms with Crippen molar-refractivity contribution in [2.24, 2.45) is 11.8 Å². The molecule has 0 unspecified atom stereocenters. The van der Waals surface area contributed by atoms with Crippen LogP contribution >= 0.6 is 34.0 Å². The molecule has 9 N–H and O–H groups in total. The fraction of sp³-hybridized carbons (Fsp3) is 0.321. The van der Waals surface area contributed by atoms with E-state index >= 15 is 0 Å². The van der Waals surface area contributed by atoms with E-state index in [4.69, 9.17) is 4.98 Å². The number of phenols is 1. The van der Waals surface area contributed by atoms with Gasteiger partial charge in [0.1, 0.15) is 5.75 Å². The van der Waals surface area contributed by atoms with Gasteiger partial charge in [0.05, 0.1) is 52.6 Å². The summed E-state index contributed by atoms with van der Waals surface area (Å²) in [5, 5.41) is 37.8. The maximum Gasteiger partial charge on any atom is 0.261 e. The van der Waals surface area contributed by atoms with Crippen molar-refractivity contribution in [3.05, 3.63) is 220 Å². The highest BCUT2D eigenvalue weighted by Crippen LogP contribution is 2.34. The molecule has 0 atom stereocenters. The van der Waals surface area contributed by atoms with Crippen LogP contribution in [0.5, 0.6) is 5.75 Å². The molecule has 9 heterocycles. The Morgan fingerprint density at radius 2 is 0.825 bits per heavy atom. The molecule has 26 nitrogen and oxygen atoms in total. The number of aromatic nitrogens is 6. The lowest BCUT2D eigenvalue weighted by Crippen LogP contribution is -2.44. The summed E-state index contributed by atoms with van der Waals surface area (Å²) in [6, 6.07) is 55.7. The minimum atomic E-state index is -3.38. The number of anilines is 10. The zero-order valence-corrected chi connectivity index (χ0v) is 67.7. The summed E-state index contributed by atoms with van der Waals surface area (Å²) in [6.07, 6.45) is 11.1. The van der Waals surface area contributed by atoms with Crippen LogP contribution in [0.3, 0.4) is 0 Å². The van der Waals surface area contributed by atoms with Gasteiger partial charge in [0.15, 0.2) is 0 Å². The molecule has 3 saturated heterocycles. The third-order valence-electron chi connectivity index (χ3n) is 20.2. The van der Waals surface area contributed by atoms with Crippen LogP contribution in [0, 0.1) is 11.8 Å². The van der Waals surface area contributed by atoms with Crippen LogP contribution in [0.25, 0.3) is 31.7 Å². The van der Waals surface area contributed by atoms with E-state index in [9.17, 15) is 33.0 Å². The lowest BCUT2D eigenvalue weighted by molar-refractivity contribution is 0.0936. The van der Waals surface area contributed by atoms with Crippen molar-refractivity contribution in [3.63, 3.8) is 0 Å². The van der Waals surface area contributed by atoms with E-state index < -0.39 is 10.0 Å². The van der Waals surface area contributed by atoms with Gasteiger partial charge in [-0.3, -0.25) is 19.1 Å². The minimum Gasteiger partial charge on any atom is -0.508 e. The van der Waals surface area contributed by atoms with Crippen molar-refractivity contribution in [2.75, 3.05) is 161 Å². The van der Waals surface area contributed by atoms with Crippen molar-refractivity contribution in [1.82, 2.24) is 60.6 Å². The molecule has 5 aromatic carbocycles. The van der Waals surface area contributed by atoms with Gasteiger partial charge in [0.2, 0.25) is 27.9 Å². The Hall–Kier alpha value is -11.0. The zero-order chi connectivity index (χ0) is 79.3. The van der Waals surface area contributed by atoms with Crippen LogP contribution < -0.4 is 51.3 Å². The number of likely N-dealkylation sites (N-methyl/N-ethyl adjacent to an activating group) is 3. The summed E-state index contributed by atoms with van der Waals surface area (Å²) in [5.74, 6) is 2.31. The number of aliphatic hydroxyl groups excluding tert-OH is 1. The van der Waals surface area contributed by atoms with E-state index in [1.165, 1.54) is 51.1 Å². The Morgan fingerprint density at radius 3 is 1.25 bits per heavy atom. The molecule has 0 radical (unpaired) electrons. The van der Waals surface area contributed by atoms with Gasteiger partial charge < -0.3 is 71.5 Å². The molecule has 6 aromatic heterocycles. The number of piperazine rings is 3. The van der Waals surface area contributed by atoms with Gasteiger partial charge in [-0.15, -0.1) is 34.0 Å². The van der Waals surface area contributed by atoms with Gasteiger partial charge in [0, 0.05) is 163 Å². The number of hydrogen-bond acceptors (Lipinski definition) is 25. The van der Waals surface area contributed by atoms with E-state index in [-0.39, 0.29) is 36.6 Å². The van der Waals surface area contributed by atoms with Gasteiger partial charge in [-0.05, 0) is 210 Å². The number of carbonyl (C=O) groups excluding carboxylic acids is 3. The number of thiophene rings is 3. The molecule has 1 aliphatic carbocycles. The smallest absolute Gasteiger partial charge is 0.261 e. The molecule has 11 aromatic rings. The van der Waals surface area contributed by atoms with E-state index in [0.29, 0.717) is 69.5 Å². The first-order chi connectivity index (χ1) is 55.3. The largest absolute Gasteiger partial charge is 0.508 e. The van der Waals surface area contributed by atoms with Crippen LogP contribution in [-0.2, 0) is 23.0 Å². The van der Waals surface area contributed by atoms with Crippen molar-refractivity contribution in [3.8, 4) is 37.5 Å². The second-order valence-electron chi connectivity index (χ2n) is 28.9. The van der Waals surface area contributed by atoms with Gasteiger partial charge in [-0.2, -0.15) is 0 Å². The fourth-order valence-electron chi connectivity index (χ4n) is 13.7. The van der Waals surface area contributed by atoms with Crippen molar-refractivity contribution in [1.29, 1.82) is 0 Å². The van der Waals surface area contributed by atoms with Gasteiger partial charge in [-0.25, -0.2) is 38.3 Å². The second-order valence-corrected chi connectivity index (χ2v) is 33.9. The number of sulfonamides is 1. The second kappa shape index (κ2) is 39.2. The number of amides is 3. The number of aliphatic hydroxyl groups is 1. The van der Waals surface area contributed by atoms with Crippen LogP contribution in [-0.4, -0.2) is 207 Å². The molecule has 3 amide bonds. The molecular formula is C84H97N19O7S4. The molecule has 15 rings (SSSR count). The van der Waals surface area contributed by atoms with E-state index in [0.717, 1.165) is 170 Å². The first-order valence-corrected chi connectivity index (χ1v) is 42.7. The molecule has 0 spiro atoms. The van der Waals surface area contributed by atoms with Gasteiger partial charge in [-0.1, -0.05) is 42.5 Å². The highest BCUT2D eigenvalue weighted by Gasteiger charge is 2.24. The van der Waals surface area contributed by atoms with E-state index in [2.05, 4.69) is 155 Å². The van der Waals surface area contributed by atoms with Gasteiger partial charge >= 0.3 is 0 Å². The quantitative estimate of drug-likeness (QED) is 0.0257. The molecule has 594 valence electrons. The average Bonchev–Trinajstić information content (AvgIpc) is 1.39. The lowest BCUT2D eigenvalue weighted by Gasteiger charge is -2.34. The molecule has 3 aliphatic heterocycles. The first kappa shape index (κ1) is 81.1. The normalized spacial score (nSPS) is 16.1. The topological polar surface area (TPSA) is 307 Å². The Morgan fingerprint density at radius 1 is 0.439 bits per heavy atom. The third kappa shape index (κ3) is 23.6. The summed E-state index contributed by atoms with van der Waals surface area (Å²) < 4.78 is 25.4. The molecular weight excluding hydrogens is 1520 g/mol. The van der Waals surface area contributed by atoms with Crippen molar-refractivity contribution >= 4 is 119 Å². The van der Waals surface area contributed by atoms with Crippen LogP contribution in [0.1, 0.15) is 65.8 Å². The molecule has 1 saturated carbocycles. The fourth-order valence-corrected chi connectivity index (χ4v) is 16.9. The highest BCUT2D eigenvalue weighted by atomic mass is 32.2. The number of nitrogens with zero attached hydrogens (tertiary/aromatic N) is 12. The summed E-state index contributed by atoms with van der Waals surface area (Å²) in [4.78, 5) is 84.2. The standard InChI is InChI=1S/C28H31N7O3S2.C28H30N6O2S.C28H36N6O2S/c1-34-13-15-35(16-14-34)23-8-4-6-21(18-23)31-28-29-12-11-24(32-28)25-9-10-26(39-25)27(36)30-19-20-5-3-7-22(17-20)33-40(2,37)38;1-33-14-16-34(17-15-33)22-6-3-5-21(19-22)31-28-30-13-11-24(32-28)25-8-9-26(37-25)27(36)29-12-10-20-4-2-7-23(35)18-20;1-33-13-15-34(16-14-33)23-4-2-3-22(17-23)31-28-29-12-11-24(32-28)25-9-10-26(37-25)27(36)30-18-20-5-7-21(19-35)8-6-20/h3-12,17-18,33H,13-16,19H2,1-2H3,(H,30,36)(H,29,31,32);2-9,11,13,18-19,35H,10,12,14-17H2,1H3,(H,29,36)(H,30,31,32);2-4,9-12,17,20-21,35H,5-8,13-16,18-19H2,1H3,(H,30,36)(H,29,31,32). The number of benzene rings is 5. The monoisotopic (exact) mass is 1610 g/mol. The predicted octanol–water partition coefficient (Wildman–Crippen LogP) is 12.6. The van der Waals surface area contributed by atoms with Crippen LogP contribution in [0.15, 0.2) is 195 Å². The number of nitrogens with one attached hydrogen (secondary N) is 7. The molecule has 114 heavy (non-hydrogen) atoms. The Bertz CT molecular complexity index is 5150. The number of phenolic OH excluding ortho intramolecular Hbond substituents is 1. The summed E-state index contributed by atoms with van der Waals surface area (Å²) in [5.41, 5.74) is 10.8. The summed E-state index contributed by atoms with van der Waals surface area (Å²) in [6.45, 7) is 14.1. The van der Waals surface area contributed by atoms with Crippen molar-refractivity contribution < 1.29 is 33.0 Å². The molecule has 4 fully saturated rings.